The number of ether oxygens (including phenoxy) is 1. The molecule has 0 bridgehead atoms. The highest BCUT2D eigenvalue weighted by Crippen LogP contribution is 2.16. The van der Waals surface area contributed by atoms with Gasteiger partial charge >= 0.3 is 0 Å². The van der Waals surface area contributed by atoms with Gasteiger partial charge in [0.1, 0.15) is 5.01 Å². The van der Waals surface area contributed by atoms with Gasteiger partial charge in [0.2, 0.25) is 0 Å². The van der Waals surface area contributed by atoms with Crippen LogP contribution in [-0.4, -0.2) is 41.7 Å². The summed E-state index contributed by atoms with van der Waals surface area (Å²) >= 11 is 1.76. The van der Waals surface area contributed by atoms with E-state index in [0.29, 0.717) is 18.1 Å². The van der Waals surface area contributed by atoms with Crippen molar-refractivity contribution in [3.63, 3.8) is 0 Å². The minimum Gasteiger partial charge on any atom is -0.373 e. The number of hydrogen-bond donors (Lipinski definition) is 1. The van der Waals surface area contributed by atoms with Crippen LogP contribution in [0.15, 0.2) is 5.38 Å². The highest BCUT2D eigenvalue weighted by atomic mass is 32.1. The van der Waals surface area contributed by atoms with Crippen LogP contribution in [0.3, 0.4) is 0 Å². The van der Waals surface area contributed by atoms with E-state index in [4.69, 9.17) is 9.72 Å². The molecule has 0 saturated carbocycles. The summed E-state index contributed by atoms with van der Waals surface area (Å²) in [7, 11) is 0. The van der Waals surface area contributed by atoms with Gasteiger partial charge in [-0.1, -0.05) is 13.8 Å². The first-order chi connectivity index (χ1) is 9.52. The molecule has 0 aliphatic carbocycles. The normalized spacial score (nSPS) is 24.4. The lowest BCUT2D eigenvalue weighted by Crippen LogP contribution is -2.44. The van der Waals surface area contributed by atoms with Crippen molar-refractivity contribution in [2.75, 3.05) is 19.6 Å². The molecule has 2 rings (SSSR count). The van der Waals surface area contributed by atoms with Gasteiger partial charge in [-0.3, -0.25) is 4.90 Å². The number of hydrogen-bond acceptors (Lipinski definition) is 5. The minimum atomic E-state index is 0.324. The van der Waals surface area contributed by atoms with Crippen LogP contribution in [0.25, 0.3) is 0 Å². The maximum absolute atomic E-state index is 5.77. The Bertz CT molecular complexity index is 398. The molecule has 2 unspecified atom stereocenters. The van der Waals surface area contributed by atoms with E-state index in [1.54, 1.807) is 11.3 Å². The van der Waals surface area contributed by atoms with Crippen LogP contribution in [0.5, 0.6) is 0 Å². The third kappa shape index (κ3) is 5.13. The average molecular weight is 297 g/mol. The molecule has 0 spiro atoms. The van der Waals surface area contributed by atoms with Crippen molar-refractivity contribution < 1.29 is 4.74 Å². The van der Waals surface area contributed by atoms with Gasteiger partial charge in [-0.05, 0) is 26.3 Å². The third-order valence-electron chi connectivity index (χ3n) is 3.31. The van der Waals surface area contributed by atoms with Crippen LogP contribution in [0.2, 0.25) is 0 Å². The fourth-order valence-corrected chi connectivity index (χ4v) is 3.37. The molecule has 20 heavy (non-hydrogen) atoms. The minimum absolute atomic E-state index is 0.324. The predicted molar refractivity (Wildman–Crippen MR) is 83.9 cm³/mol. The molecule has 1 aliphatic rings. The molecule has 5 heteroatoms. The second kappa shape index (κ2) is 7.50. The van der Waals surface area contributed by atoms with Gasteiger partial charge < -0.3 is 10.1 Å². The number of morpholine rings is 1. The molecule has 1 saturated heterocycles. The zero-order valence-corrected chi connectivity index (χ0v) is 13.9. The lowest BCUT2D eigenvalue weighted by atomic mass is 10.2. The van der Waals surface area contributed by atoms with Crippen LogP contribution in [0.1, 0.15) is 38.4 Å². The van der Waals surface area contributed by atoms with Gasteiger partial charge in [0.25, 0.3) is 0 Å². The lowest BCUT2D eigenvalue weighted by Gasteiger charge is -2.34. The van der Waals surface area contributed by atoms with Crippen molar-refractivity contribution >= 4 is 11.3 Å². The molecule has 4 nitrogen and oxygen atoms in total. The molecule has 2 atom stereocenters. The fraction of sp³-hybridized carbons (Fsp3) is 0.800. The topological polar surface area (TPSA) is 37.4 Å². The van der Waals surface area contributed by atoms with Crippen LogP contribution < -0.4 is 5.32 Å². The summed E-state index contributed by atoms with van der Waals surface area (Å²) in [6.45, 7) is 13.6. The first-order valence-electron chi connectivity index (χ1n) is 7.54. The van der Waals surface area contributed by atoms with Crippen LogP contribution >= 0.6 is 11.3 Å². The predicted octanol–water partition coefficient (Wildman–Crippen LogP) is 2.50. The Hall–Kier alpha value is -0.490. The SMILES string of the molecule is CC(C)CNCc1nc(CN2CC(C)OC(C)C2)cs1. The van der Waals surface area contributed by atoms with Crippen molar-refractivity contribution in [2.45, 2.75) is 53.0 Å². The average Bonchev–Trinajstić information content (AvgIpc) is 2.74. The second-order valence-corrected chi connectivity index (χ2v) is 7.15. The molecule has 0 radical (unpaired) electrons. The Morgan fingerprint density at radius 2 is 2.10 bits per heavy atom. The summed E-state index contributed by atoms with van der Waals surface area (Å²) in [5, 5.41) is 6.83. The summed E-state index contributed by atoms with van der Waals surface area (Å²) in [5.74, 6) is 0.686. The highest BCUT2D eigenvalue weighted by molar-refractivity contribution is 7.09. The van der Waals surface area contributed by atoms with E-state index < -0.39 is 0 Å². The zero-order chi connectivity index (χ0) is 14.5. The van der Waals surface area contributed by atoms with Gasteiger partial charge in [-0.15, -0.1) is 11.3 Å². The fourth-order valence-electron chi connectivity index (χ4n) is 2.61. The van der Waals surface area contributed by atoms with Gasteiger partial charge in [0.15, 0.2) is 0 Å². The molecule has 1 N–H and O–H groups in total. The van der Waals surface area contributed by atoms with Gasteiger partial charge in [-0.2, -0.15) is 0 Å². The molecule has 1 fully saturated rings. The van der Waals surface area contributed by atoms with E-state index in [1.165, 1.54) is 10.7 Å². The molecule has 2 heterocycles. The molecule has 1 aromatic heterocycles. The first kappa shape index (κ1) is 15.9. The summed E-state index contributed by atoms with van der Waals surface area (Å²) in [5.41, 5.74) is 1.19. The van der Waals surface area contributed by atoms with Crippen molar-refractivity contribution in [1.29, 1.82) is 0 Å². The van der Waals surface area contributed by atoms with Crippen molar-refractivity contribution in [3.8, 4) is 0 Å². The Kier molecular flexibility index (Phi) is 5.96. The van der Waals surface area contributed by atoms with E-state index in [2.05, 4.69) is 43.3 Å². The number of aromatic nitrogens is 1. The molecular weight excluding hydrogens is 270 g/mol. The number of rotatable bonds is 6. The molecule has 1 aliphatic heterocycles. The Labute approximate surface area is 126 Å². The quantitative estimate of drug-likeness (QED) is 0.875. The Balaban J connectivity index is 1.80. The number of nitrogens with one attached hydrogen (secondary N) is 1. The maximum atomic E-state index is 5.77. The van der Waals surface area contributed by atoms with Crippen molar-refractivity contribution in [3.05, 3.63) is 16.1 Å². The largest absolute Gasteiger partial charge is 0.373 e. The summed E-state index contributed by atoms with van der Waals surface area (Å²) in [6.07, 6.45) is 0.647. The molecular formula is C15H27N3OS. The van der Waals surface area contributed by atoms with Gasteiger partial charge in [0, 0.05) is 31.6 Å². The van der Waals surface area contributed by atoms with Crippen LogP contribution in [0, 0.1) is 5.92 Å². The second-order valence-electron chi connectivity index (χ2n) is 6.21. The summed E-state index contributed by atoms with van der Waals surface area (Å²) in [4.78, 5) is 7.17. The van der Waals surface area contributed by atoms with E-state index in [9.17, 15) is 0 Å². The summed E-state index contributed by atoms with van der Waals surface area (Å²) < 4.78 is 5.77. The van der Waals surface area contributed by atoms with Gasteiger partial charge in [0.05, 0.1) is 17.9 Å². The van der Waals surface area contributed by atoms with E-state index in [1.807, 2.05) is 0 Å². The molecule has 0 amide bonds. The first-order valence-corrected chi connectivity index (χ1v) is 8.42. The van der Waals surface area contributed by atoms with E-state index >= 15 is 0 Å². The molecule has 114 valence electrons. The zero-order valence-electron chi connectivity index (χ0n) is 13.1. The third-order valence-corrected chi connectivity index (χ3v) is 4.21. The molecule has 1 aromatic rings. The monoisotopic (exact) mass is 297 g/mol. The smallest absolute Gasteiger partial charge is 0.107 e. The maximum Gasteiger partial charge on any atom is 0.107 e. The highest BCUT2D eigenvalue weighted by Gasteiger charge is 2.22. The Morgan fingerprint density at radius 3 is 2.75 bits per heavy atom. The van der Waals surface area contributed by atoms with Crippen LogP contribution in [-0.2, 0) is 17.8 Å². The number of thiazole rings is 1. The lowest BCUT2D eigenvalue weighted by molar-refractivity contribution is -0.0707. The van der Waals surface area contributed by atoms with Crippen LogP contribution in [0.4, 0.5) is 0 Å². The van der Waals surface area contributed by atoms with Gasteiger partial charge in [-0.25, -0.2) is 4.98 Å². The van der Waals surface area contributed by atoms with Crippen molar-refractivity contribution in [1.82, 2.24) is 15.2 Å². The molecule has 0 aromatic carbocycles. The van der Waals surface area contributed by atoms with E-state index in [-0.39, 0.29) is 0 Å². The Morgan fingerprint density at radius 1 is 1.40 bits per heavy atom. The standard InChI is InChI=1S/C15H27N3OS/c1-11(2)5-16-6-15-17-14(10-20-15)9-18-7-12(3)19-13(4)8-18/h10-13,16H,5-9H2,1-4H3. The van der Waals surface area contributed by atoms with E-state index in [0.717, 1.165) is 32.7 Å². The van der Waals surface area contributed by atoms with Crippen molar-refractivity contribution in [2.24, 2.45) is 5.92 Å². The summed E-state index contributed by atoms with van der Waals surface area (Å²) in [6, 6.07) is 0. The number of nitrogens with zero attached hydrogens (tertiary/aromatic N) is 2.